The van der Waals surface area contributed by atoms with Crippen LogP contribution in [0.25, 0.3) is 5.69 Å². The molecule has 0 spiro atoms. The van der Waals surface area contributed by atoms with Crippen LogP contribution < -0.4 is 5.73 Å². The number of rotatable bonds is 5. The molecule has 0 saturated carbocycles. The van der Waals surface area contributed by atoms with Gasteiger partial charge in [-0.1, -0.05) is 39.0 Å². The van der Waals surface area contributed by atoms with E-state index in [1.165, 1.54) is 11.3 Å². The highest BCUT2D eigenvalue weighted by molar-refractivity contribution is 5.43. The van der Waals surface area contributed by atoms with Crippen LogP contribution in [-0.2, 0) is 12.8 Å². The lowest BCUT2D eigenvalue weighted by Gasteiger charge is -2.16. The predicted octanol–water partition coefficient (Wildman–Crippen LogP) is 3.41. The summed E-state index contributed by atoms with van der Waals surface area (Å²) in [5.74, 6) is 0. The molecule has 2 rings (SSSR count). The summed E-state index contributed by atoms with van der Waals surface area (Å²) >= 11 is 0. The van der Waals surface area contributed by atoms with Crippen LogP contribution in [-0.4, -0.2) is 9.78 Å². The van der Waals surface area contributed by atoms with E-state index in [1.54, 1.807) is 0 Å². The summed E-state index contributed by atoms with van der Waals surface area (Å²) in [4.78, 5) is 0. The Bertz CT molecular complexity index is 543. The SMILES string of the molecule is CCc1cc(CC)n(-c2ccccc2C(N)CC)n1. The summed E-state index contributed by atoms with van der Waals surface area (Å²) < 4.78 is 2.06. The molecular weight excluding hydrogens is 234 g/mol. The van der Waals surface area contributed by atoms with Gasteiger partial charge in [-0.3, -0.25) is 0 Å². The molecule has 1 aromatic heterocycles. The molecule has 2 aromatic rings. The largest absolute Gasteiger partial charge is 0.324 e. The number of nitrogens with zero attached hydrogens (tertiary/aromatic N) is 2. The lowest BCUT2D eigenvalue weighted by molar-refractivity contribution is 0.680. The van der Waals surface area contributed by atoms with Gasteiger partial charge in [-0.2, -0.15) is 5.10 Å². The van der Waals surface area contributed by atoms with Gasteiger partial charge in [0, 0.05) is 11.7 Å². The van der Waals surface area contributed by atoms with Gasteiger partial charge in [0.1, 0.15) is 0 Å². The molecule has 0 radical (unpaired) electrons. The summed E-state index contributed by atoms with van der Waals surface area (Å²) in [6.07, 6.45) is 2.87. The van der Waals surface area contributed by atoms with Crippen LogP contribution in [0.4, 0.5) is 0 Å². The van der Waals surface area contributed by atoms with Gasteiger partial charge in [0.15, 0.2) is 0 Å². The molecule has 0 saturated heterocycles. The van der Waals surface area contributed by atoms with Crippen LogP contribution in [0, 0.1) is 0 Å². The average Bonchev–Trinajstić information content (AvgIpc) is 2.89. The van der Waals surface area contributed by atoms with E-state index < -0.39 is 0 Å². The second-order valence-corrected chi connectivity index (χ2v) is 4.82. The molecule has 0 aliphatic rings. The molecule has 1 aromatic carbocycles. The Balaban J connectivity index is 2.55. The zero-order valence-corrected chi connectivity index (χ0v) is 12.1. The second kappa shape index (κ2) is 6.02. The van der Waals surface area contributed by atoms with E-state index in [4.69, 9.17) is 10.8 Å². The number of hydrogen-bond acceptors (Lipinski definition) is 2. The summed E-state index contributed by atoms with van der Waals surface area (Å²) in [6.45, 7) is 6.41. The highest BCUT2D eigenvalue weighted by atomic mass is 15.3. The Hall–Kier alpha value is -1.61. The van der Waals surface area contributed by atoms with Crippen molar-refractivity contribution in [2.24, 2.45) is 5.73 Å². The van der Waals surface area contributed by atoms with Crippen molar-refractivity contribution in [3.8, 4) is 5.69 Å². The molecule has 0 aliphatic heterocycles. The van der Waals surface area contributed by atoms with Gasteiger partial charge in [0.2, 0.25) is 0 Å². The summed E-state index contributed by atoms with van der Waals surface area (Å²) in [7, 11) is 0. The first-order valence-electron chi connectivity index (χ1n) is 7.13. The maximum absolute atomic E-state index is 6.22. The van der Waals surface area contributed by atoms with Crippen molar-refractivity contribution in [1.29, 1.82) is 0 Å². The van der Waals surface area contributed by atoms with E-state index in [0.717, 1.165) is 30.6 Å². The first-order chi connectivity index (χ1) is 9.21. The third-order valence-electron chi connectivity index (χ3n) is 3.56. The van der Waals surface area contributed by atoms with E-state index in [2.05, 4.69) is 43.7 Å². The van der Waals surface area contributed by atoms with Crippen molar-refractivity contribution >= 4 is 0 Å². The Labute approximate surface area is 115 Å². The molecule has 0 fully saturated rings. The molecule has 1 heterocycles. The minimum atomic E-state index is 0.0650. The Morgan fingerprint density at radius 2 is 1.89 bits per heavy atom. The minimum absolute atomic E-state index is 0.0650. The van der Waals surface area contributed by atoms with Gasteiger partial charge in [0.05, 0.1) is 11.4 Å². The van der Waals surface area contributed by atoms with Gasteiger partial charge in [-0.15, -0.1) is 0 Å². The fourth-order valence-electron chi connectivity index (χ4n) is 2.32. The van der Waals surface area contributed by atoms with Gasteiger partial charge in [0.25, 0.3) is 0 Å². The highest BCUT2D eigenvalue weighted by Gasteiger charge is 2.14. The van der Waals surface area contributed by atoms with Gasteiger partial charge >= 0.3 is 0 Å². The number of hydrogen-bond donors (Lipinski definition) is 1. The summed E-state index contributed by atoms with van der Waals surface area (Å²) in [5.41, 5.74) is 10.9. The van der Waals surface area contributed by atoms with E-state index >= 15 is 0 Å². The molecular formula is C16H23N3. The fourth-order valence-corrected chi connectivity index (χ4v) is 2.32. The van der Waals surface area contributed by atoms with Crippen molar-refractivity contribution in [2.45, 2.75) is 46.1 Å². The monoisotopic (exact) mass is 257 g/mol. The molecule has 2 N–H and O–H groups in total. The Morgan fingerprint density at radius 1 is 1.16 bits per heavy atom. The van der Waals surface area contributed by atoms with Crippen LogP contribution in [0.1, 0.15) is 50.2 Å². The standard InChI is InChI=1S/C16H23N3/c1-4-12-11-13(5-2)19(18-12)16-10-8-7-9-14(16)15(17)6-3/h7-11,15H,4-6,17H2,1-3H3. The zero-order valence-electron chi connectivity index (χ0n) is 12.1. The fraction of sp³-hybridized carbons (Fsp3) is 0.438. The zero-order chi connectivity index (χ0) is 13.8. The van der Waals surface area contributed by atoms with Gasteiger partial charge < -0.3 is 5.73 Å². The van der Waals surface area contributed by atoms with Crippen molar-refractivity contribution < 1.29 is 0 Å². The average molecular weight is 257 g/mol. The van der Waals surface area contributed by atoms with E-state index in [0.29, 0.717) is 0 Å². The van der Waals surface area contributed by atoms with Crippen LogP contribution in [0.3, 0.4) is 0 Å². The van der Waals surface area contributed by atoms with E-state index in [1.807, 2.05) is 12.1 Å². The molecule has 0 amide bonds. The van der Waals surface area contributed by atoms with Gasteiger partial charge in [-0.25, -0.2) is 4.68 Å². The molecule has 1 unspecified atom stereocenters. The third kappa shape index (κ3) is 2.71. The summed E-state index contributed by atoms with van der Waals surface area (Å²) in [5, 5.41) is 4.71. The lowest BCUT2D eigenvalue weighted by Crippen LogP contribution is -2.14. The number of benzene rings is 1. The number of para-hydroxylation sites is 1. The van der Waals surface area contributed by atoms with Crippen molar-refractivity contribution in [3.05, 3.63) is 47.3 Å². The molecule has 3 heteroatoms. The normalized spacial score (nSPS) is 12.6. The molecule has 1 atom stereocenters. The van der Waals surface area contributed by atoms with Crippen LogP contribution in [0.15, 0.2) is 30.3 Å². The van der Waals surface area contributed by atoms with E-state index in [-0.39, 0.29) is 6.04 Å². The molecule has 19 heavy (non-hydrogen) atoms. The quantitative estimate of drug-likeness (QED) is 0.892. The molecule has 0 bridgehead atoms. The van der Waals surface area contributed by atoms with Crippen LogP contribution in [0.2, 0.25) is 0 Å². The number of aromatic nitrogens is 2. The summed E-state index contributed by atoms with van der Waals surface area (Å²) in [6, 6.07) is 10.6. The van der Waals surface area contributed by atoms with E-state index in [9.17, 15) is 0 Å². The number of nitrogens with two attached hydrogens (primary N) is 1. The highest BCUT2D eigenvalue weighted by Crippen LogP contribution is 2.23. The van der Waals surface area contributed by atoms with Crippen LogP contribution >= 0.6 is 0 Å². The molecule has 3 nitrogen and oxygen atoms in total. The van der Waals surface area contributed by atoms with Crippen molar-refractivity contribution in [3.63, 3.8) is 0 Å². The Morgan fingerprint density at radius 3 is 2.53 bits per heavy atom. The third-order valence-corrected chi connectivity index (χ3v) is 3.56. The van der Waals surface area contributed by atoms with Gasteiger partial charge in [-0.05, 0) is 37.0 Å². The van der Waals surface area contributed by atoms with Crippen molar-refractivity contribution in [1.82, 2.24) is 9.78 Å². The number of aryl methyl sites for hydroxylation is 2. The Kier molecular flexibility index (Phi) is 4.38. The first kappa shape index (κ1) is 13.8. The molecule has 0 aliphatic carbocycles. The second-order valence-electron chi connectivity index (χ2n) is 4.82. The maximum atomic E-state index is 6.22. The maximum Gasteiger partial charge on any atom is 0.0696 e. The molecule has 102 valence electrons. The van der Waals surface area contributed by atoms with Crippen molar-refractivity contribution in [2.75, 3.05) is 0 Å². The smallest absolute Gasteiger partial charge is 0.0696 e. The first-order valence-corrected chi connectivity index (χ1v) is 7.13. The predicted molar refractivity (Wildman–Crippen MR) is 79.5 cm³/mol. The lowest BCUT2D eigenvalue weighted by atomic mass is 10.0. The minimum Gasteiger partial charge on any atom is -0.324 e. The van der Waals surface area contributed by atoms with Crippen LogP contribution in [0.5, 0.6) is 0 Å². The topological polar surface area (TPSA) is 43.8 Å².